The van der Waals surface area contributed by atoms with Crippen LogP contribution in [-0.2, 0) is 57.0 Å². The van der Waals surface area contributed by atoms with Gasteiger partial charge in [0, 0.05) is 58.2 Å². The second-order valence-corrected chi connectivity index (χ2v) is 26.6. The fourth-order valence-corrected chi connectivity index (χ4v) is 12.2. The van der Waals surface area contributed by atoms with Crippen molar-refractivity contribution >= 4 is 11.8 Å². The summed E-state index contributed by atoms with van der Waals surface area (Å²) in [5.41, 5.74) is 0. The van der Waals surface area contributed by atoms with E-state index in [0.717, 1.165) is 110 Å². The summed E-state index contributed by atoms with van der Waals surface area (Å²) < 4.78 is 58.2. The minimum absolute atomic E-state index is 0.000573. The van der Waals surface area contributed by atoms with Crippen LogP contribution in [0.2, 0.25) is 0 Å². The molecule has 2 amide bonds. The summed E-state index contributed by atoms with van der Waals surface area (Å²) in [7, 11) is 0. The van der Waals surface area contributed by atoms with E-state index in [-0.39, 0.29) is 70.4 Å². The molecule has 4 unspecified atom stereocenters. The average Bonchev–Trinajstić information content (AvgIpc) is 1.78. The van der Waals surface area contributed by atoms with E-state index in [4.69, 9.17) is 47.4 Å². The van der Waals surface area contributed by atoms with Crippen molar-refractivity contribution in [1.29, 1.82) is 0 Å². The number of hydrogen-bond donors (Lipinski definition) is 8. The lowest BCUT2D eigenvalue weighted by atomic mass is 9.98. The third kappa shape index (κ3) is 47.2. The predicted molar refractivity (Wildman–Crippen MR) is 381 cm³/mol. The first-order valence-corrected chi connectivity index (χ1v) is 38.5. The highest BCUT2D eigenvalue weighted by molar-refractivity contribution is 5.76. The van der Waals surface area contributed by atoms with E-state index in [1.54, 1.807) is 0 Å². The Kier molecular flexibility index (Phi) is 56.4. The van der Waals surface area contributed by atoms with Crippen molar-refractivity contribution in [2.75, 3.05) is 119 Å². The van der Waals surface area contributed by atoms with Crippen LogP contribution in [-0.4, -0.2) is 227 Å². The zero-order valence-electron chi connectivity index (χ0n) is 60.5. The Labute approximate surface area is 585 Å². The number of carbonyl (C=O) groups is 2. The minimum atomic E-state index is -0.992. The quantitative estimate of drug-likeness (QED) is 0.0208. The number of aliphatic hydroxyl groups is 6. The average molecular weight is 1380 g/mol. The molecule has 3 aliphatic rings. The molecule has 9 atom stereocenters. The van der Waals surface area contributed by atoms with E-state index in [1.807, 2.05) is 0 Å². The van der Waals surface area contributed by atoms with Gasteiger partial charge in [-0.05, 0) is 116 Å². The first-order valence-electron chi connectivity index (χ1n) is 38.5. The monoisotopic (exact) mass is 1380 g/mol. The fraction of sp³-hybridized carbons (Fsp3) is 0.868. The molecule has 0 saturated carbocycles. The second-order valence-electron chi connectivity index (χ2n) is 26.6. The summed E-state index contributed by atoms with van der Waals surface area (Å²) in [6.45, 7) is 10.6. The number of rotatable bonds is 66. The topological polar surface area (TPSA) is 275 Å². The first kappa shape index (κ1) is 88.4. The van der Waals surface area contributed by atoms with Crippen LogP contribution in [0.1, 0.15) is 245 Å². The van der Waals surface area contributed by atoms with Crippen molar-refractivity contribution in [2.24, 2.45) is 0 Å². The number of unbranched alkanes of at least 4 members (excludes halogenated alkanes) is 22. The number of aliphatic hydroxyl groups excluding tert-OH is 6. The number of ether oxygens (including phenoxy) is 10. The van der Waals surface area contributed by atoms with Gasteiger partial charge in [-0.15, -0.1) is 0 Å². The molecule has 0 bridgehead atoms. The number of nitrogens with one attached hydrogen (secondary N) is 2. The van der Waals surface area contributed by atoms with Gasteiger partial charge in [0.15, 0.2) is 18.4 Å². The Hall–Kier alpha value is -2.78. The van der Waals surface area contributed by atoms with Crippen LogP contribution in [0.4, 0.5) is 0 Å². The predicted octanol–water partition coefficient (Wildman–Crippen LogP) is 10.9. The molecule has 0 aromatic heterocycles. The van der Waals surface area contributed by atoms with Crippen LogP contribution in [0.5, 0.6) is 0 Å². The summed E-state index contributed by atoms with van der Waals surface area (Å²) >= 11 is 0. The van der Waals surface area contributed by atoms with Gasteiger partial charge in [-0.25, -0.2) is 0 Å². The molecular formula is C76H139N3O18. The van der Waals surface area contributed by atoms with E-state index < -0.39 is 55.0 Å². The van der Waals surface area contributed by atoms with Gasteiger partial charge in [0.05, 0.1) is 104 Å². The molecular weight excluding hydrogens is 1240 g/mol. The highest BCUT2D eigenvalue weighted by Gasteiger charge is 2.41. The molecule has 0 spiro atoms. The van der Waals surface area contributed by atoms with Crippen molar-refractivity contribution in [3.8, 4) is 0 Å². The SMILES string of the molecule is CCCCC/C=C\C/C=C\CCCCCCCCC1(CCCCCCCC/C=C\C/C=C\CCCCC)OC[C@H](CN(CCCCCC(=O)NCCOCCOCCO[C@H]2OC(CO)[C@@H](O)CC2O)CCCCCC(=O)NCCOCCOCCO[C@H]2OC(CO)[C@@H](O)CC2O)O1. The maximum Gasteiger partial charge on any atom is 0.220 e. The molecule has 3 saturated heterocycles. The second kappa shape index (κ2) is 61.8. The Morgan fingerprint density at radius 3 is 1.24 bits per heavy atom. The van der Waals surface area contributed by atoms with Gasteiger partial charge in [-0.2, -0.15) is 0 Å². The zero-order valence-corrected chi connectivity index (χ0v) is 60.5. The van der Waals surface area contributed by atoms with Crippen LogP contribution >= 0.6 is 0 Å². The van der Waals surface area contributed by atoms with Gasteiger partial charge in [0.2, 0.25) is 11.8 Å². The van der Waals surface area contributed by atoms with Crippen molar-refractivity contribution in [1.82, 2.24) is 15.5 Å². The van der Waals surface area contributed by atoms with Crippen LogP contribution in [0, 0.1) is 0 Å². The van der Waals surface area contributed by atoms with Crippen LogP contribution in [0.25, 0.3) is 0 Å². The van der Waals surface area contributed by atoms with E-state index >= 15 is 0 Å². The third-order valence-corrected chi connectivity index (χ3v) is 18.0. The summed E-state index contributed by atoms with van der Waals surface area (Å²) in [6, 6.07) is 0. The Bertz CT molecular complexity index is 1830. The molecule has 97 heavy (non-hydrogen) atoms. The van der Waals surface area contributed by atoms with Gasteiger partial charge in [-0.3, -0.25) is 9.59 Å². The number of nitrogens with zero attached hydrogens (tertiary/aromatic N) is 1. The molecule has 0 radical (unpaired) electrons. The molecule has 8 N–H and O–H groups in total. The molecule has 3 aliphatic heterocycles. The largest absolute Gasteiger partial charge is 0.394 e. The summed E-state index contributed by atoms with van der Waals surface area (Å²) in [4.78, 5) is 28.1. The molecule has 21 nitrogen and oxygen atoms in total. The maximum atomic E-state index is 12.8. The van der Waals surface area contributed by atoms with Crippen LogP contribution in [0.3, 0.4) is 0 Å². The highest BCUT2D eigenvalue weighted by Crippen LogP contribution is 2.35. The Balaban J connectivity index is 1.43. The Morgan fingerprint density at radius 2 is 0.825 bits per heavy atom. The molecule has 3 rings (SSSR count). The van der Waals surface area contributed by atoms with Gasteiger partial charge >= 0.3 is 0 Å². The van der Waals surface area contributed by atoms with Gasteiger partial charge in [-0.1, -0.05) is 152 Å². The zero-order chi connectivity index (χ0) is 69.8. The van der Waals surface area contributed by atoms with E-state index in [0.29, 0.717) is 72.2 Å². The first-order chi connectivity index (χ1) is 47.5. The lowest BCUT2D eigenvalue weighted by molar-refractivity contribution is -0.272. The van der Waals surface area contributed by atoms with Gasteiger partial charge in [0.25, 0.3) is 0 Å². The summed E-state index contributed by atoms with van der Waals surface area (Å²) in [5.74, 6) is -0.545. The van der Waals surface area contributed by atoms with Crippen molar-refractivity contribution in [3.05, 3.63) is 48.6 Å². The maximum absolute atomic E-state index is 12.8. The summed E-state index contributed by atoms with van der Waals surface area (Å²) in [5, 5.41) is 64.6. The summed E-state index contributed by atoms with van der Waals surface area (Å²) in [6.07, 6.45) is 48.5. The van der Waals surface area contributed by atoms with Gasteiger partial charge in [0.1, 0.15) is 24.4 Å². The lowest BCUT2D eigenvalue weighted by Gasteiger charge is -2.36. The van der Waals surface area contributed by atoms with E-state index in [2.05, 4.69) is 78.0 Å². The van der Waals surface area contributed by atoms with Crippen molar-refractivity contribution in [3.63, 3.8) is 0 Å². The number of amides is 2. The molecule has 0 aliphatic carbocycles. The molecule has 3 fully saturated rings. The molecule has 21 heteroatoms. The molecule has 0 aromatic carbocycles. The smallest absolute Gasteiger partial charge is 0.220 e. The highest BCUT2D eigenvalue weighted by atomic mass is 16.7. The number of hydrogen-bond acceptors (Lipinski definition) is 19. The minimum Gasteiger partial charge on any atom is -0.394 e. The van der Waals surface area contributed by atoms with E-state index in [1.165, 1.54) is 116 Å². The fourth-order valence-electron chi connectivity index (χ4n) is 12.2. The molecule has 566 valence electrons. The number of allylic oxidation sites excluding steroid dienone is 8. The number of carbonyl (C=O) groups excluding carboxylic acids is 2. The van der Waals surface area contributed by atoms with Crippen molar-refractivity contribution in [2.45, 2.75) is 306 Å². The third-order valence-electron chi connectivity index (χ3n) is 18.0. The Morgan fingerprint density at radius 1 is 0.454 bits per heavy atom. The van der Waals surface area contributed by atoms with Crippen LogP contribution in [0.15, 0.2) is 48.6 Å². The normalized spacial score (nSPS) is 22.2. The van der Waals surface area contributed by atoms with Crippen molar-refractivity contribution < 1.29 is 87.6 Å². The standard InChI is InChI=1S/C76H139N3O18/c1-3-5-7-9-11-13-15-17-19-21-23-25-27-29-31-37-43-76(44-38-32-30-28-26-24-22-20-18-16-14-12-10-8-6-4-2)94-64-65(97-76)61-79(47-39-33-35-41-72(86)77-45-49-88-51-53-90-55-57-92-74-68(84)59-66(82)70(62-80)95-74)48-40-34-36-42-73(87)78-46-50-89-52-54-91-56-58-93-75-69(85)60-67(83)71(63-81)96-75/h11-14,17-20,65-71,74-75,80-85H,3-10,15-16,21-64H2,1-2H3,(H,77,86)(H,78,87)/b13-11-,14-12-,19-17-,20-18-/t65-,66-,67-,68?,69?,70?,71?,74-,75-/m0/s1. The van der Waals surface area contributed by atoms with Crippen LogP contribution < -0.4 is 10.6 Å². The molecule has 0 aromatic rings. The lowest BCUT2D eigenvalue weighted by Crippen LogP contribution is -2.50. The van der Waals surface area contributed by atoms with Gasteiger partial charge < -0.3 is 93.5 Å². The van der Waals surface area contributed by atoms with E-state index in [9.17, 15) is 40.2 Å². The molecule has 3 heterocycles.